The zero-order valence-corrected chi connectivity index (χ0v) is 17.6. The normalized spacial score (nSPS) is 19.5. The van der Waals surface area contributed by atoms with Gasteiger partial charge >= 0.3 is 0 Å². The molecular weight excluding hydrogens is 405 g/mol. The van der Waals surface area contributed by atoms with Crippen molar-refractivity contribution in [2.24, 2.45) is 16.6 Å². The minimum Gasteiger partial charge on any atom is -0.370 e. The van der Waals surface area contributed by atoms with Gasteiger partial charge in [0, 0.05) is 31.6 Å². The molecule has 1 saturated heterocycles. The average molecular weight is 439 g/mol. The summed E-state index contributed by atoms with van der Waals surface area (Å²) in [6.45, 7) is 9.88. The second-order valence-electron chi connectivity index (χ2n) is 7.00. The Bertz CT molecular complexity index is 398. The van der Waals surface area contributed by atoms with Crippen LogP contribution in [0, 0.1) is 5.92 Å². The predicted octanol–water partition coefficient (Wildman–Crippen LogP) is 1.50. The van der Waals surface area contributed by atoms with Crippen molar-refractivity contribution in [2.75, 3.05) is 40.3 Å². The van der Waals surface area contributed by atoms with E-state index in [-0.39, 0.29) is 35.4 Å². The number of nitrogens with two attached hydrogens (primary N) is 1. The van der Waals surface area contributed by atoms with E-state index in [9.17, 15) is 4.79 Å². The van der Waals surface area contributed by atoms with E-state index in [1.54, 1.807) is 0 Å². The van der Waals surface area contributed by atoms with E-state index in [1.165, 1.54) is 0 Å². The number of hydrogen-bond donors (Lipinski definition) is 2. The smallest absolute Gasteiger partial charge is 0.217 e. The third-order valence-electron chi connectivity index (χ3n) is 4.47. The molecule has 0 aromatic heterocycles. The molecule has 1 amide bonds. The van der Waals surface area contributed by atoms with E-state index >= 15 is 0 Å². The molecule has 7 heteroatoms. The summed E-state index contributed by atoms with van der Waals surface area (Å²) in [4.78, 5) is 20.4. The summed E-state index contributed by atoms with van der Waals surface area (Å²) >= 11 is 0. The first-order chi connectivity index (χ1) is 10.3. The quantitative estimate of drug-likeness (QED) is 0.374. The van der Waals surface area contributed by atoms with Crippen LogP contribution in [0.25, 0.3) is 0 Å². The molecule has 1 fully saturated rings. The monoisotopic (exact) mass is 439 g/mol. The van der Waals surface area contributed by atoms with Gasteiger partial charge in [0.25, 0.3) is 0 Å². The maximum absolute atomic E-state index is 11.2. The second-order valence-corrected chi connectivity index (χ2v) is 7.00. The van der Waals surface area contributed by atoms with Crippen molar-refractivity contribution < 1.29 is 4.79 Å². The van der Waals surface area contributed by atoms with E-state index in [0.717, 1.165) is 45.0 Å². The maximum atomic E-state index is 11.2. The Balaban J connectivity index is 0.00000484. The topological polar surface area (TPSA) is 74.0 Å². The molecule has 1 aliphatic rings. The van der Waals surface area contributed by atoms with Crippen molar-refractivity contribution in [3.05, 3.63) is 0 Å². The Morgan fingerprint density at radius 1 is 1.43 bits per heavy atom. The van der Waals surface area contributed by atoms with Gasteiger partial charge in [-0.15, -0.1) is 24.0 Å². The number of carbonyl (C=O) groups is 1. The highest BCUT2D eigenvalue weighted by Gasteiger charge is 2.25. The molecule has 23 heavy (non-hydrogen) atoms. The Morgan fingerprint density at radius 2 is 2.09 bits per heavy atom. The fourth-order valence-electron chi connectivity index (χ4n) is 2.54. The Morgan fingerprint density at radius 3 is 2.61 bits per heavy atom. The van der Waals surface area contributed by atoms with Crippen LogP contribution in [0.1, 0.15) is 40.0 Å². The summed E-state index contributed by atoms with van der Waals surface area (Å²) in [6, 6.07) is 0. The van der Waals surface area contributed by atoms with Crippen LogP contribution in [0.15, 0.2) is 4.99 Å². The molecule has 6 nitrogen and oxygen atoms in total. The lowest BCUT2D eigenvalue weighted by Gasteiger charge is -2.36. The summed E-state index contributed by atoms with van der Waals surface area (Å²) in [5.74, 6) is 1.09. The molecule has 1 aliphatic heterocycles. The van der Waals surface area contributed by atoms with Crippen molar-refractivity contribution in [1.82, 2.24) is 15.1 Å². The lowest BCUT2D eigenvalue weighted by atomic mass is 9.95. The minimum atomic E-state index is -0.206. The number of nitrogens with zero attached hydrogens (tertiary/aromatic N) is 3. The third-order valence-corrected chi connectivity index (χ3v) is 4.47. The molecular formula is C16H34IN5O. The largest absolute Gasteiger partial charge is 0.370 e. The van der Waals surface area contributed by atoms with E-state index in [1.807, 2.05) is 0 Å². The number of rotatable bonds is 6. The molecule has 0 spiro atoms. The first-order valence-corrected chi connectivity index (χ1v) is 8.25. The number of guanidine groups is 1. The summed E-state index contributed by atoms with van der Waals surface area (Å²) in [5.41, 5.74) is 5.36. The van der Waals surface area contributed by atoms with E-state index in [0.29, 0.717) is 12.3 Å². The fraction of sp³-hybridized carbons (Fsp3) is 0.875. The summed E-state index contributed by atoms with van der Waals surface area (Å²) in [5, 5.41) is 3.38. The van der Waals surface area contributed by atoms with Crippen molar-refractivity contribution in [2.45, 2.75) is 45.6 Å². The molecule has 0 aliphatic carbocycles. The lowest BCUT2D eigenvalue weighted by molar-refractivity contribution is -0.119. The van der Waals surface area contributed by atoms with Crippen molar-refractivity contribution in [3.63, 3.8) is 0 Å². The number of nitrogens with one attached hydrogen (secondary N) is 1. The Kier molecular flexibility index (Phi) is 10.1. The number of aliphatic imine (C=N–C) groups is 1. The number of carbonyl (C=O) groups excluding carboxylic acids is 1. The van der Waals surface area contributed by atoms with Gasteiger partial charge in [0.05, 0.1) is 6.54 Å². The zero-order valence-electron chi connectivity index (χ0n) is 15.3. The Hall–Kier alpha value is -0.570. The van der Waals surface area contributed by atoms with Crippen molar-refractivity contribution in [3.8, 4) is 0 Å². The molecule has 136 valence electrons. The molecule has 1 atom stereocenters. The molecule has 1 rings (SSSR count). The average Bonchev–Trinajstić information content (AvgIpc) is 2.42. The van der Waals surface area contributed by atoms with E-state index in [4.69, 9.17) is 10.7 Å². The van der Waals surface area contributed by atoms with Gasteiger partial charge in [-0.25, -0.2) is 0 Å². The standard InChI is InChI=1S/C16H33N5O.HI/c1-6-18-15(19-12-16(2,3)20(4)5)21-9-7-8-13(11-21)10-14(17)22;/h13H,6-12H2,1-5H3,(H2,17,22)(H,18,19);1H. The van der Waals surface area contributed by atoms with Crippen LogP contribution in [-0.4, -0.2) is 67.5 Å². The first kappa shape index (κ1) is 22.4. The number of amides is 1. The molecule has 1 unspecified atom stereocenters. The first-order valence-electron chi connectivity index (χ1n) is 8.25. The molecule has 0 radical (unpaired) electrons. The van der Waals surface area contributed by atoms with Crippen molar-refractivity contribution in [1.29, 1.82) is 0 Å². The van der Waals surface area contributed by atoms with E-state index < -0.39 is 0 Å². The molecule has 1 heterocycles. The van der Waals surface area contributed by atoms with Crippen LogP contribution in [0.5, 0.6) is 0 Å². The van der Waals surface area contributed by atoms with Crippen LogP contribution >= 0.6 is 24.0 Å². The second kappa shape index (κ2) is 10.3. The number of hydrogen-bond acceptors (Lipinski definition) is 3. The third kappa shape index (κ3) is 7.69. The minimum absolute atomic E-state index is 0. The van der Waals surface area contributed by atoms with Crippen LogP contribution in [0.2, 0.25) is 0 Å². The van der Waals surface area contributed by atoms with Crippen LogP contribution in [-0.2, 0) is 4.79 Å². The van der Waals surface area contributed by atoms with Gasteiger partial charge in [-0.3, -0.25) is 9.79 Å². The van der Waals surface area contributed by atoms with Crippen LogP contribution in [0.3, 0.4) is 0 Å². The molecule has 0 aromatic rings. The lowest BCUT2D eigenvalue weighted by Crippen LogP contribution is -2.48. The van der Waals surface area contributed by atoms with E-state index in [2.05, 4.69) is 50.0 Å². The number of likely N-dealkylation sites (N-methyl/N-ethyl adjacent to an activating group) is 1. The van der Waals surface area contributed by atoms with Crippen LogP contribution in [0.4, 0.5) is 0 Å². The highest BCUT2D eigenvalue weighted by molar-refractivity contribution is 14.0. The van der Waals surface area contributed by atoms with Gasteiger partial charge in [0.1, 0.15) is 0 Å². The number of likely N-dealkylation sites (tertiary alicyclic amines) is 1. The molecule has 0 aromatic carbocycles. The number of piperidine rings is 1. The van der Waals surface area contributed by atoms with Gasteiger partial charge in [-0.2, -0.15) is 0 Å². The highest BCUT2D eigenvalue weighted by atomic mass is 127. The fourth-order valence-corrected chi connectivity index (χ4v) is 2.54. The van der Waals surface area contributed by atoms with Crippen molar-refractivity contribution >= 4 is 35.8 Å². The summed E-state index contributed by atoms with van der Waals surface area (Å²) in [7, 11) is 4.15. The van der Waals surface area contributed by atoms with Crippen LogP contribution < -0.4 is 11.1 Å². The number of halogens is 1. The molecule has 0 bridgehead atoms. The van der Waals surface area contributed by atoms with Gasteiger partial charge in [-0.1, -0.05) is 0 Å². The zero-order chi connectivity index (χ0) is 16.8. The van der Waals surface area contributed by atoms with Gasteiger partial charge in [-0.05, 0) is 53.6 Å². The molecule has 3 N–H and O–H groups in total. The Labute approximate surface area is 158 Å². The maximum Gasteiger partial charge on any atom is 0.217 e. The highest BCUT2D eigenvalue weighted by Crippen LogP contribution is 2.20. The summed E-state index contributed by atoms with van der Waals surface area (Å²) in [6.07, 6.45) is 2.63. The SMILES string of the molecule is CCNC(=NCC(C)(C)N(C)C)N1CCCC(CC(N)=O)C1.I. The van der Waals surface area contributed by atoms with Gasteiger partial charge in [0.15, 0.2) is 5.96 Å². The van der Waals surface area contributed by atoms with Gasteiger partial charge < -0.3 is 20.9 Å². The number of primary amides is 1. The predicted molar refractivity (Wildman–Crippen MR) is 107 cm³/mol. The molecule has 0 saturated carbocycles. The van der Waals surface area contributed by atoms with Gasteiger partial charge in [0.2, 0.25) is 5.91 Å². The summed E-state index contributed by atoms with van der Waals surface area (Å²) < 4.78 is 0.